The second-order valence-corrected chi connectivity index (χ2v) is 9.12. The summed E-state index contributed by atoms with van der Waals surface area (Å²) in [6.07, 6.45) is 3.87. The molecule has 4 atom stereocenters. The minimum Gasteiger partial charge on any atom is -0.465 e. The Bertz CT molecular complexity index is 1260. The van der Waals surface area contributed by atoms with E-state index in [1.54, 1.807) is 48.5 Å². The van der Waals surface area contributed by atoms with Gasteiger partial charge in [-0.15, -0.1) is 4.79 Å². The van der Waals surface area contributed by atoms with Gasteiger partial charge in [0.05, 0.1) is 11.1 Å². The van der Waals surface area contributed by atoms with Gasteiger partial charge in [0, 0.05) is 11.8 Å². The van der Waals surface area contributed by atoms with Crippen molar-refractivity contribution in [2.75, 3.05) is 5.43 Å². The van der Waals surface area contributed by atoms with Gasteiger partial charge >= 0.3 is 6.09 Å². The average Bonchev–Trinajstić information content (AvgIpc) is 3.43. The topological polar surface area (TPSA) is 113 Å². The summed E-state index contributed by atoms with van der Waals surface area (Å²) in [4.78, 5) is 38.5. The minimum atomic E-state index is -1.21. The normalized spacial score (nSPS) is 22.2. The Morgan fingerprint density at radius 2 is 1.76 bits per heavy atom. The van der Waals surface area contributed by atoms with Crippen LogP contribution in [-0.4, -0.2) is 27.0 Å². The molecule has 0 aliphatic heterocycles. The zero-order valence-electron chi connectivity index (χ0n) is 18.1. The average molecular weight is 447 g/mol. The Balaban J connectivity index is 1.52. The second-order valence-electron chi connectivity index (χ2n) is 9.12. The highest BCUT2D eigenvalue weighted by atomic mass is 16.4. The lowest BCUT2D eigenvalue weighted by molar-refractivity contribution is -0.118. The van der Waals surface area contributed by atoms with Crippen LogP contribution in [0.3, 0.4) is 0 Å². The maximum absolute atomic E-state index is 13.1. The molecular weight excluding hydrogens is 420 g/mol. The van der Waals surface area contributed by atoms with Crippen LogP contribution in [0, 0.1) is 17.8 Å². The lowest BCUT2D eigenvalue weighted by Gasteiger charge is -2.22. The molecule has 1 aromatic heterocycles. The smallest absolute Gasteiger partial charge is 0.405 e. The van der Waals surface area contributed by atoms with E-state index in [2.05, 4.69) is 15.8 Å². The molecule has 2 aliphatic carbocycles. The van der Waals surface area contributed by atoms with Crippen molar-refractivity contribution in [2.24, 2.45) is 17.8 Å². The third-order valence-electron chi connectivity index (χ3n) is 7.07. The third-order valence-corrected chi connectivity index (χ3v) is 7.07. The number of fused-ring (bicyclic) bond motifs is 3. The molecule has 1 heterocycles. The molecule has 170 valence electrons. The molecule has 0 spiro atoms. The summed E-state index contributed by atoms with van der Waals surface area (Å²) in [5.41, 5.74) is 3.24. The summed E-state index contributed by atoms with van der Waals surface area (Å²) in [5.74, 6) is 1.44. The molecule has 3 N–H and O–H groups in total. The van der Waals surface area contributed by atoms with Gasteiger partial charge in [0.15, 0.2) is 0 Å². The SMILES string of the molecule is O=C(O)NC(c1ccccc1)c1nn(NC(=O)CC2CC3CCC2C3)c(=O)c2ccccc12. The number of benzene rings is 2. The van der Waals surface area contributed by atoms with Crippen molar-refractivity contribution in [3.8, 4) is 0 Å². The van der Waals surface area contributed by atoms with Crippen molar-refractivity contribution in [1.29, 1.82) is 0 Å². The van der Waals surface area contributed by atoms with E-state index >= 15 is 0 Å². The van der Waals surface area contributed by atoms with Crippen LogP contribution >= 0.6 is 0 Å². The number of carbonyl (C=O) groups excluding carboxylic acids is 1. The van der Waals surface area contributed by atoms with E-state index in [-0.39, 0.29) is 5.91 Å². The standard InChI is InChI=1S/C25H26N4O4/c30-21(14-18-13-15-10-11-17(18)12-15)27-29-24(31)20-9-5-4-8-19(20)23(28-29)22(26-25(32)33)16-6-2-1-3-7-16/h1-9,15,17-18,22,26H,10-14H2,(H,27,30)(H,32,33). The largest absolute Gasteiger partial charge is 0.465 e. The molecule has 3 aromatic rings. The van der Waals surface area contributed by atoms with Crippen LogP contribution in [0.25, 0.3) is 10.8 Å². The Morgan fingerprint density at radius 3 is 2.42 bits per heavy atom. The first-order chi connectivity index (χ1) is 16.0. The van der Waals surface area contributed by atoms with Crippen LogP contribution in [0.1, 0.15) is 49.4 Å². The van der Waals surface area contributed by atoms with Crippen molar-refractivity contribution < 1.29 is 14.7 Å². The van der Waals surface area contributed by atoms with E-state index in [9.17, 15) is 19.5 Å². The predicted molar refractivity (Wildman–Crippen MR) is 123 cm³/mol. The number of carbonyl (C=O) groups is 2. The van der Waals surface area contributed by atoms with Gasteiger partial charge in [0.2, 0.25) is 5.91 Å². The van der Waals surface area contributed by atoms with Gasteiger partial charge in [-0.3, -0.25) is 9.59 Å². The Hall–Kier alpha value is -3.68. The molecule has 8 heteroatoms. The van der Waals surface area contributed by atoms with Crippen LogP contribution in [0.4, 0.5) is 4.79 Å². The van der Waals surface area contributed by atoms with Crippen molar-refractivity contribution in [1.82, 2.24) is 15.2 Å². The maximum Gasteiger partial charge on any atom is 0.405 e. The third kappa shape index (κ3) is 4.20. The van der Waals surface area contributed by atoms with Crippen LogP contribution in [-0.2, 0) is 4.79 Å². The fourth-order valence-corrected chi connectivity index (χ4v) is 5.61. The number of aromatic nitrogens is 2. The van der Waals surface area contributed by atoms with Crippen LogP contribution < -0.4 is 16.3 Å². The highest BCUT2D eigenvalue weighted by molar-refractivity contribution is 5.87. The maximum atomic E-state index is 13.1. The van der Waals surface area contributed by atoms with Crippen molar-refractivity contribution in [3.63, 3.8) is 0 Å². The molecule has 8 nitrogen and oxygen atoms in total. The van der Waals surface area contributed by atoms with Gasteiger partial charge in [-0.05, 0) is 48.6 Å². The van der Waals surface area contributed by atoms with E-state index in [1.165, 1.54) is 19.3 Å². The monoisotopic (exact) mass is 446 g/mol. The van der Waals surface area contributed by atoms with Crippen LogP contribution in [0.5, 0.6) is 0 Å². The summed E-state index contributed by atoms with van der Waals surface area (Å²) in [6.45, 7) is 0. The number of hydrogen-bond donors (Lipinski definition) is 3. The molecule has 2 aliphatic rings. The fraction of sp³-hybridized carbons (Fsp3) is 0.360. The zero-order chi connectivity index (χ0) is 22.9. The number of rotatable bonds is 6. The highest BCUT2D eigenvalue weighted by Crippen LogP contribution is 2.49. The number of nitrogens with one attached hydrogen (secondary N) is 2. The molecule has 0 radical (unpaired) electrons. The number of amides is 2. The van der Waals surface area contributed by atoms with Gasteiger partial charge in [-0.1, -0.05) is 55.0 Å². The molecule has 2 bridgehead atoms. The van der Waals surface area contributed by atoms with Gasteiger partial charge in [-0.25, -0.2) is 10.2 Å². The van der Waals surface area contributed by atoms with E-state index in [1.807, 2.05) is 6.07 Å². The molecule has 0 saturated heterocycles. The fourth-order valence-electron chi connectivity index (χ4n) is 5.61. The summed E-state index contributed by atoms with van der Waals surface area (Å²) in [6, 6.07) is 15.1. The van der Waals surface area contributed by atoms with Gasteiger partial charge in [-0.2, -0.15) is 5.10 Å². The van der Waals surface area contributed by atoms with Crippen molar-refractivity contribution in [2.45, 2.75) is 38.1 Å². The minimum absolute atomic E-state index is 0.245. The summed E-state index contributed by atoms with van der Waals surface area (Å²) in [7, 11) is 0. The Kier molecular flexibility index (Phi) is 5.58. The van der Waals surface area contributed by atoms with E-state index < -0.39 is 17.7 Å². The van der Waals surface area contributed by atoms with Crippen LogP contribution in [0.15, 0.2) is 59.4 Å². The molecular formula is C25H26N4O4. The molecule has 2 saturated carbocycles. The Labute approximate surface area is 190 Å². The van der Waals surface area contributed by atoms with E-state index in [0.717, 1.165) is 17.1 Å². The second kappa shape index (κ2) is 8.69. The van der Waals surface area contributed by atoms with Gasteiger partial charge in [0.25, 0.3) is 5.56 Å². The first-order valence-corrected chi connectivity index (χ1v) is 11.4. The van der Waals surface area contributed by atoms with Gasteiger partial charge < -0.3 is 10.4 Å². The number of carboxylic acid groups (broad SMARTS) is 1. The quantitative estimate of drug-likeness (QED) is 0.535. The summed E-state index contributed by atoms with van der Waals surface area (Å²) >= 11 is 0. The van der Waals surface area contributed by atoms with Gasteiger partial charge in [0.1, 0.15) is 6.04 Å². The molecule has 33 heavy (non-hydrogen) atoms. The highest BCUT2D eigenvalue weighted by Gasteiger charge is 2.40. The molecule has 5 rings (SSSR count). The van der Waals surface area contributed by atoms with E-state index in [0.29, 0.717) is 40.3 Å². The zero-order valence-corrected chi connectivity index (χ0v) is 18.1. The van der Waals surface area contributed by atoms with E-state index in [4.69, 9.17) is 0 Å². The summed E-state index contributed by atoms with van der Waals surface area (Å²) in [5, 5.41) is 17.3. The molecule has 2 amide bonds. The van der Waals surface area contributed by atoms with Crippen LogP contribution in [0.2, 0.25) is 0 Å². The molecule has 4 unspecified atom stereocenters. The summed E-state index contributed by atoms with van der Waals surface area (Å²) < 4.78 is 0. The molecule has 2 fully saturated rings. The van der Waals surface area contributed by atoms with Crippen molar-refractivity contribution in [3.05, 3.63) is 76.2 Å². The lowest BCUT2D eigenvalue weighted by Crippen LogP contribution is -2.38. The predicted octanol–water partition coefficient (Wildman–Crippen LogP) is 3.65. The lowest BCUT2D eigenvalue weighted by atomic mass is 9.86. The first kappa shape index (κ1) is 21.2. The first-order valence-electron chi connectivity index (χ1n) is 11.4. The number of hydrogen-bond acceptors (Lipinski definition) is 4. The number of nitrogens with zero attached hydrogens (tertiary/aromatic N) is 2. The Morgan fingerprint density at radius 1 is 1.03 bits per heavy atom. The van der Waals surface area contributed by atoms with Crippen molar-refractivity contribution >= 4 is 22.8 Å². The molecule has 2 aromatic carbocycles.